The first-order valence-corrected chi connectivity index (χ1v) is 57.7. The smallest absolute Gasteiger partial charge is 0.167 e. The molecule has 18 N–H and O–H groups in total. The van der Waals surface area contributed by atoms with Gasteiger partial charge in [0.05, 0.1) is 79.6 Å². The number of methoxy groups -OCH3 is 1. The van der Waals surface area contributed by atoms with E-state index in [1.165, 1.54) is 12.7 Å². The van der Waals surface area contributed by atoms with Gasteiger partial charge < -0.3 is 97.9 Å². The molecule has 20 atom stereocenters. The largest absolute Gasteiger partial charge is 0.397 e. The van der Waals surface area contributed by atoms with Crippen molar-refractivity contribution in [1.82, 2.24) is 87.6 Å². The molecule has 5 saturated heterocycles. The van der Waals surface area contributed by atoms with Gasteiger partial charge in [0, 0.05) is 44.7 Å². The van der Waals surface area contributed by atoms with E-state index in [0.717, 1.165) is 69.3 Å². The summed E-state index contributed by atoms with van der Waals surface area (Å²) in [6.45, 7) is 23.7. The molecule has 10 aromatic heterocycles. The minimum absolute atomic E-state index is 0.0353. The lowest BCUT2D eigenvalue weighted by Gasteiger charge is -2.20. The highest BCUT2D eigenvalue weighted by Crippen LogP contribution is 2.47. The van der Waals surface area contributed by atoms with Gasteiger partial charge in [0.25, 0.3) is 0 Å². The lowest BCUT2D eigenvalue weighted by Crippen LogP contribution is -2.33. The van der Waals surface area contributed by atoms with E-state index in [0.29, 0.717) is 134 Å². The molecule has 5 aliphatic rings. The lowest BCUT2D eigenvalue weighted by molar-refractivity contribution is -0.0496. The first kappa shape index (κ1) is 98.4. The molecule has 42 heteroatoms. The molecule has 5 unspecified atom stereocenters. The standard InChI is InChI=1S/C18H30N5O3P.C17H28N5O3P.C16H26N5O3P.C16H25N4O3P.C16H25N4O2P/c1-5-6-7-12-21-16(19)13-17(22-12)23(10-20-13)18-15(25)14(24)11(26-18)8-9-27(2,3)4;1-5-6-11-20-15(18)12-16(21-11)22(9-19-12)17-14(24)13(23)10(25-17)7-8-26(2,3)4;1-5-10-19-14(17)11-15(20-10)21(8-18-11)16-13(23)12(22)9(24-16)6-7-25(2,3)4;1-22-14-13(21)11(6-8-24(2,3)4)23-16(14)20-9-19-12-10(17)5-7-18-15(12)20;1-10-14(21)12(6-8-23(2,3)4)22-16(10)20-9-19-13-11(17)5-7-18-15(13)20/h10-11,14-15,18,24-25H,2,5-9H2,1,3-4H3,(H2,19,21,22);9-10,13-14,17,23-24H,2,5-8H2,1,3-4H3,(H2,18,20,21);8-9,12-13,16,22-23H,2,5-7H2,1,3-4H3,(H2,17,19,20);5,7,9,11,13-14,16,21H,2,6,8H2,1,3-4H3,(H2,17,18);5,7,9-10,12,14,16,21H,2,6,8H2,1,3-4H3,(H2,17,18)/t11-,14-,15-,18?;10-,13-,14-,17?;9-,12-,13-,16?;11-,13-,14-,16?;10-,12-,14+,16?/m11111/s1. The number of aliphatic hydroxyl groups is 8. The van der Waals surface area contributed by atoms with Crippen LogP contribution in [0.5, 0.6) is 0 Å². The summed E-state index contributed by atoms with van der Waals surface area (Å²) in [6, 6.07) is 3.44. The molecule has 690 valence electrons. The molecule has 0 amide bonds. The van der Waals surface area contributed by atoms with Crippen molar-refractivity contribution in [2.75, 3.05) is 133 Å². The maximum atomic E-state index is 10.6. The van der Waals surface area contributed by atoms with Crippen LogP contribution in [0, 0.1) is 5.92 Å². The molecule has 125 heavy (non-hydrogen) atoms. The van der Waals surface area contributed by atoms with E-state index in [-0.39, 0.29) is 24.4 Å². The molecule has 0 aromatic carbocycles. The Morgan fingerprint density at radius 1 is 0.360 bits per heavy atom. The van der Waals surface area contributed by atoms with Crippen LogP contribution in [-0.4, -0.2) is 350 Å². The SMILES string of the molecule is C=P(C)(C)CC[C@H]1OC(n2cnc3c(N)ccnc32)[C@H](C)[C@@H]1O.C=P(C)(C)CC[C@H]1OC(n2cnc3c(N)ccnc32)[C@H](OC)[C@@H]1O.C=P(C)(C)CC[C@H]1OC(n2cnc3c(N)nc(CC)nc32)[C@H](O)[C@@H]1O.C=P(C)(C)CC[C@H]1OC(n2cnc3c(N)nc(CCC)nc32)[C@H](O)[C@@H]1O.C=P(C)(C)CC[C@H]1OC(n2cnc3c(N)nc(CCCC)nc32)[C@H](O)[C@@H]1O. The monoisotopic (exact) mass is 1830 g/mol. The summed E-state index contributed by atoms with van der Waals surface area (Å²) < 4.78 is 44.3. The number of rotatable bonds is 27. The van der Waals surface area contributed by atoms with Crippen LogP contribution >= 0.6 is 34.4 Å². The summed E-state index contributed by atoms with van der Waals surface area (Å²) in [5, 5.41) is 84.0. The summed E-state index contributed by atoms with van der Waals surface area (Å²) in [7, 11) is 1.58. The number of aryl methyl sites for hydroxylation is 3. The van der Waals surface area contributed by atoms with E-state index in [9.17, 15) is 40.9 Å². The Bertz CT molecular complexity index is 5580. The highest BCUT2D eigenvalue weighted by Gasteiger charge is 2.49. The average Bonchev–Trinajstić information content (AvgIpc) is 1.65. The van der Waals surface area contributed by atoms with Crippen molar-refractivity contribution in [2.45, 2.75) is 215 Å². The van der Waals surface area contributed by atoms with E-state index in [2.05, 4.69) is 170 Å². The highest BCUT2D eigenvalue weighted by atomic mass is 31.2. The molecule has 15 rings (SSSR count). The Labute approximate surface area is 731 Å². The van der Waals surface area contributed by atoms with Crippen LogP contribution < -0.4 is 28.7 Å². The number of hydrogen-bond donors (Lipinski definition) is 13. The third-order valence-electron chi connectivity index (χ3n) is 22.8. The van der Waals surface area contributed by atoms with Crippen LogP contribution in [0.1, 0.15) is 128 Å². The number of nitrogens with zero attached hydrogens (tertiary/aromatic N) is 18. The second-order valence-electron chi connectivity index (χ2n) is 36.8. The van der Waals surface area contributed by atoms with Gasteiger partial charge in [-0.3, -0.25) is 22.8 Å². The van der Waals surface area contributed by atoms with Crippen LogP contribution in [0.15, 0.2) is 56.2 Å². The number of fused-ring (bicyclic) bond motifs is 5. The number of hydrogen-bond acceptors (Lipinski definition) is 32. The second kappa shape index (κ2) is 40.9. The number of nitrogen functional groups attached to an aromatic ring is 5. The van der Waals surface area contributed by atoms with Crippen molar-refractivity contribution in [1.29, 1.82) is 0 Å². The number of anilines is 5. The van der Waals surface area contributed by atoms with Crippen molar-refractivity contribution < 1.29 is 69.3 Å². The third kappa shape index (κ3) is 23.7. The zero-order valence-corrected chi connectivity index (χ0v) is 79.3. The van der Waals surface area contributed by atoms with E-state index in [1.807, 2.05) is 25.3 Å². The van der Waals surface area contributed by atoms with Gasteiger partial charge in [0.1, 0.15) is 100 Å². The lowest BCUT2D eigenvalue weighted by atomic mass is 10.0. The normalized spacial score (nSPS) is 27.2. The Hall–Kier alpha value is -7.17. The first-order chi connectivity index (χ1) is 58.7. The van der Waals surface area contributed by atoms with Crippen molar-refractivity contribution >= 4 is 151 Å². The second-order valence-corrected chi connectivity index (χ2v) is 58.3. The number of nitrogens with two attached hydrogens (primary N) is 5. The molecule has 5 aliphatic heterocycles. The summed E-state index contributed by atoms with van der Waals surface area (Å²) in [6.07, 6.45) is 32.8. The van der Waals surface area contributed by atoms with Gasteiger partial charge >= 0.3 is 0 Å². The molecule has 0 aliphatic carbocycles. The number of imidazole rings is 5. The van der Waals surface area contributed by atoms with Gasteiger partial charge in [-0.1, -0.05) is 34.1 Å². The van der Waals surface area contributed by atoms with Gasteiger partial charge in [-0.2, -0.15) is 0 Å². The Morgan fingerprint density at radius 2 is 0.656 bits per heavy atom. The molecule has 5 fully saturated rings. The van der Waals surface area contributed by atoms with E-state index in [1.54, 1.807) is 68.9 Å². The summed E-state index contributed by atoms with van der Waals surface area (Å²) >= 11 is 0. The van der Waals surface area contributed by atoms with Gasteiger partial charge in [0.15, 0.2) is 70.6 Å². The topological polar surface area (TPSA) is 540 Å². The fourth-order valence-electron chi connectivity index (χ4n) is 15.6. The number of aromatic nitrogens is 18. The predicted molar refractivity (Wildman–Crippen MR) is 510 cm³/mol. The van der Waals surface area contributed by atoms with Crippen molar-refractivity contribution in [3.63, 3.8) is 0 Å². The quantitative estimate of drug-likeness (QED) is 0.0240. The fourth-order valence-corrected chi connectivity index (χ4v) is 20.4. The maximum absolute atomic E-state index is 10.6. The molecule has 0 bridgehead atoms. The predicted octanol–water partition coefficient (Wildman–Crippen LogP) is 6.63. The van der Waals surface area contributed by atoms with Gasteiger partial charge in [-0.05, 0) is 155 Å². The molecule has 0 saturated carbocycles. The van der Waals surface area contributed by atoms with Crippen LogP contribution in [-0.2, 0) is 47.7 Å². The van der Waals surface area contributed by atoms with Crippen LogP contribution in [0.3, 0.4) is 0 Å². The number of aliphatic hydroxyl groups excluding tert-OH is 8. The average molecular weight is 1830 g/mol. The number of pyridine rings is 2. The van der Waals surface area contributed by atoms with Gasteiger partial charge in [-0.15, -0.1) is 65.9 Å². The molecular weight excluding hydrogens is 1700 g/mol. The highest BCUT2D eigenvalue weighted by molar-refractivity contribution is 7.73. The third-order valence-corrected chi connectivity index (χ3v) is 30.1. The van der Waals surface area contributed by atoms with Crippen molar-refractivity contribution in [2.24, 2.45) is 5.92 Å². The first-order valence-electron chi connectivity index (χ1n) is 42.4. The van der Waals surface area contributed by atoms with E-state index < -0.39 is 133 Å². The molecular formula is C83H134N23O14P5. The zero-order valence-electron chi connectivity index (χ0n) is 74.8. The van der Waals surface area contributed by atoms with Crippen molar-refractivity contribution in [3.8, 4) is 0 Å². The molecule has 0 spiro atoms. The molecule has 0 radical (unpaired) electrons. The summed E-state index contributed by atoms with van der Waals surface area (Å²) in [4.78, 5) is 56.5. The van der Waals surface area contributed by atoms with Crippen LogP contribution in [0.2, 0.25) is 0 Å². The van der Waals surface area contributed by atoms with Crippen LogP contribution in [0.25, 0.3) is 55.8 Å². The Balaban J connectivity index is 0.000000152. The maximum Gasteiger partial charge on any atom is 0.167 e. The molecule has 15 heterocycles. The van der Waals surface area contributed by atoms with Crippen LogP contribution in [0.4, 0.5) is 28.8 Å². The summed E-state index contributed by atoms with van der Waals surface area (Å²) in [5.41, 5.74) is 36.6. The van der Waals surface area contributed by atoms with E-state index in [4.69, 9.17) is 57.1 Å². The Kier molecular flexibility index (Phi) is 32.2. The number of ether oxygens (including phenoxy) is 6. The van der Waals surface area contributed by atoms with Crippen molar-refractivity contribution in [3.05, 3.63) is 73.6 Å². The van der Waals surface area contributed by atoms with Gasteiger partial charge in [-0.25, -0.2) is 64.8 Å². The summed E-state index contributed by atoms with van der Waals surface area (Å²) in [5.74, 6) is 2.77. The number of unbranched alkanes of at least 4 members (excludes halogenated alkanes) is 1. The molecule has 10 aromatic rings. The zero-order chi connectivity index (χ0) is 91.4. The molecule has 37 nitrogen and oxygen atoms in total. The minimum Gasteiger partial charge on any atom is -0.397 e. The van der Waals surface area contributed by atoms with Gasteiger partial charge in [0.2, 0.25) is 0 Å². The fraction of sp³-hybridized carbons (Fsp3) is 0.614. The Morgan fingerprint density at radius 3 is 0.992 bits per heavy atom. The van der Waals surface area contributed by atoms with E-state index >= 15 is 0 Å². The minimum atomic E-state index is -1.24.